The van der Waals surface area contributed by atoms with Gasteiger partial charge >= 0.3 is 12.1 Å². The minimum absolute atomic E-state index is 0.193. The fraction of sp³-hybridized carbons (Fsp3) is 0.250. The summed E-state index contributed by atoms with van der Waals surface area (Å²) in [5.41, 5.74) is 0.680. The van der Waals surface area contributed by atoms with Crippen molar-refractivity contribution in [2.24, 2.45) is 0 Å². The highest BCUT2D eigenvalue weighted by Crippen LogP contribution is 2.49. The molecule has 0 aliphatic heterocycles. The van der Waals surface area contributed by atoms with Gasteiger partial charge in [-0.15, -0.1) is 0 Å². The fourth-order valence-electron chi connectivity index (χ4n) is 4.05. The largest absolute Gasteiger partial charge is 0.471 e. The van der Waals surface area contributed by atoms with E-state index in [0.717, 1.165) is 24.0 Å². The molecular weight excluding hydrogens is 468 g/mol. The molecule has 1 aliphatic rings. The number of hydrogen-bond donors (Lipinski definition) is 1. The van der Waals surface area contributed by atoms with E-state index in [4.69, 9.17) is 0 Å². The molecule has 1 N–H and O–H groups in total. The zero-order valence-electron chi connectivity index (χ0n) is 18.3. The molecule has 5 rings (SSSR count). The van der Waals surface area contributed by atoms with Gasteiger partial charge in [0.25, 0.3) is 10.9 Å². The van der Waals surface area contributed by atoms with Gasteiger partial charge in [-0.3, -0.25) is 9.59 Å². The lowest BCUT2D eigenvalue weighted by Gasteiger charge is -2.27. The smallest absolute Gasteiger partial charge is 0.370 e. The number of halogens is 4. The van der Waals surface area contributed by atoms with Crippen LogP contribution >= 0.6 is 0 Å². The summed E-state index contributed by atoms with van der Waals surface area (Å²) in [7, 11) is 1.67. The Bertz CT molecular complexity index is 1450. The van der Waals surface area contributed by atoms with Crippen LogP contribution in [0.15, 0.2) is 62.6 Å². The van der Waals surface area contributed by atoms with Gasteiger partial charge in [0.05, 0.1) is 5.54 Å². The number of aromatic nitrogens is 2. The molecule has 0 amide bonds. The van der Waals surface area contributed by atoms with Crippen LogP contribution in [0.5, 0.6) is 0 Å². The molecular formula is C24H18F4N4O3. The minimum Gasteiger partial charge on any atom is -0.370 e. The second kappa shape index (κ2) is 8.03. The van der Waals surface area contributed by atoms with Crippen molar-refractivity contribution in [2.75, 3.05) is 17.3 Å². The third kappa shape index (κ3) is 4.17. The molecule has 0 spiro atoms. The second-order valence-corrected chi connectivity index (χ2v) is 8.57. The van der Waals surface area contributed by atoms with Crippen molar-refractivity contribution in [2.45, 2.75) is 31.1 Å². The van der Waals surface area contributed by atoms with Crippen molar-refractivity contribution in [3.63, 3.8) is 0 Å². The van der Waals surface area contributed by atoms with Crippen molar-refractivity contribution in [1.82, 2.24) is 10.1 Å². The highest BCUT2D eigenvalue weighted by molar-refractivity contribution is 5.76. The van der Waals surface area contributed by atoms with Crippen LogP contribution in [0.4, 0.5) is 28.9 Å². The number of hydrogen-bond acceptors (Lipinski definition) is 7. The van der Waals surface area contributed by atoms with E-state index in [-0.39, 0.29) is 29.6 Å². The lowest BCUT2D eigenvalue weighted by Crippen LogP contribution is -2.42. The van der Waals surface area contributed by atoms with Gasteiger partial charge in [0.15, 0.2) is 0 Å². The molecule has 0 atom stereocenters. The van der Waals surface area contributed by atoms with Crippen LogP contribution in [-0.2, 0) is 18.3 Å². The van der Waals surface area contributed by atoms with Crippen LogP contribution in [0.3, 0.4) is 0 Å². The average Bonchev–Trinajstić information content (AvgIpc) is 3.42. The van der Waals surface area contributed by atoms with Gasteiger partial charge < -0.3 is 14.7 Å². The lowest BCUT2D eigenvalue weighted by atomic mass is 10.0. The van der Waals surface area contributed by atoms with Crippen molar-refractivity contribution in [1.29, 1.82) is 0 Å². The first-order chi connectivity index (χ1) is 16.6. The summed E-state index contributed by atoms with van der Waals surface area (Å²) in [5, 5.41) is 6.56. The van der Waals surface area contributed by atoms with E-state index >= 15 is 0 Å². The maximum absolute atomic E-state index is 13.3. The SMILES string of the molecule is CN(Cc1ccc(-c2noc(C(F)(F)F)n2)cc1)c1c(NC2(c3ccc(F)cc3)CC2)c(=O)c1=O. The fourth-order valence-corrected chi connectivity index (χ4v) is 4.05. The van der Waals surface area contributed by atoms with Gasteiger partial charge in [-0.05, 0) is 36.1 Å². The number of anilines is 2. The van der Waals surface area contributed by atoms with Crippen LogP contribution in [0, 0.1) is 5.82 Å². The molecule has 0 radical (unpaired) electrons. The minimum atomic E-state index is -4.73. The molecule has 1 saturated carbocycles. The molecule has 7 nitrogen and oxygen atoms in total. The van der Waals surface area contributed by atoms with Gasteiger partial charge in [-0.2, -0.15) is 18.2 Å². The molecule has 11 heteroatoms. The summed E-state index contributed by atoms with van der Waals surface area (Å²) < 4.78 is 55.6. The molecule has 4 aromatic rings. The third-order valence-corrected chi connectivity index (χ3v) is 6.08. The van der Waals surface area contributed by atoms with Crippen LogP contribution in [0.2, 0.25) is 0 Å². The Kier molecular flexibility index (Phi) is 5.22. The first-order valence-corrected chi connectivity index (χ1v) is 10.7. The Labute approximate surface area is 195 Å². The first kappa shape index (κ1) is 22.8. The molecule has 3 aromatic carbocycles. The van der Waals surface area contributed by atoms with Gasteiger partial charge in [0, 0.05) is 19.2 Å². The van der Waals surface area contributed by atoms with Crippen LogP contribution < -0.4 is 21.1 Å². The number of nitrogens with zero attached hydrogens (tertiary/aromatic N) is 3. The van der Waals surface area contributed by atoms with E-state index < -0.39 is 28.5 Å². The molecule has 1 fully saturated rings. The highest BCUT2D eigenvalue weighted by atomic mass is 19.4. The maximum atomic E-state index is 13.3. The Morgan fingerprint density at radius 3 is 2.26 bits per heavy atom. The summed E-state index contributed by atoms with van der Waals surface area (Å²) in [6, 6.07) is 12.4. The first-order valence-electron chi connectivity index (χ1n) is 10.7. The molecule has 1 heterocycles. The quantitative estimate of drug-likeness (QED) is 0.309. The number of benzene rings is 2. The monoisotopic (exact) mass is 486 g/mol. The molecule has 0 unspecified atom stereocenters. The van der Waals surface area contributed by atoms with Crippen molar-refractivity contribution < 1.29 is 22.1 Å². The number of rotatable bonds is 7. The van der Waals surface area contributed by atoms with Gasteiger partial charge in [-0.25, -0.2) is 4.39 Å². The maximum Gasteiger partial charge on any atom is 0.471 e. The topological polar surface area (TPSA) is 88.3 Å². The van der Waals surface area contributed by atoms with E-state index in [1.54, 1.807) is 48.3 Å². The lowest BCUT2D eigenvalue weighted by molar-refractivity contribution is -0.159. The Morgan fingerprint density at radius 1 is 1.03 bits per heavy atom. The van der Waals surface area contributed by atoms with Crippen molar-refractivity contribution in [3.05, 3.63) is 91.8 Å². The molecule has 0 saturated heterocycles. The van der Waals surface area contributed by atoms with Gasteiger partial charge in [0.1, 0.15) is 17.2 Å². The summed E-state index contributed by atoms with van der Waals surface area (Å²) >= 11 is 0. The van der Waals surface area contributed by atoms with E-state index in [1.807, 2.05) is 0 Å². The van der Waals surface area contributed by atoms with Crippen molar-refractivity contribution >= 4 is 11.4 Å². The second-order valence-electron chi connectivity index (χ2n) is 8.57. The summed E-state index contributed by atoms with van der Waals surface area (Å²) in [6.07, 6.45) is -3.24. The number of nitrogens with one attached hydrogen (secondary N) is 1. The van der Waals surface area contributed by atoms with E-state index in [0.29, 0.717) is 5.56 Å². The van der Waals surface area contributed by atoms with E-state index in [9.17, 15) is 27.2 Å². The molecule has 1 aromatic heterocycles. The third-order valence-electron chi connectivity index (χ3n) is 6.08. The summed E-state index contributed by atoms with van der Waals surface area (Å²) in [5.74, 6) is -1.97. The summed E-state index contributed by atoms with van der Waals surface area (Å²) in [6.45, 7) is 0.267. The van der Waals surface area contributed by atoms with Crippen LogP contribution in [0.25, 0.3) is 11.4 Å². The van der Waals surface area contributed by atoms with Gasteiger partial charge in [-0.1, -0.05) is 41.6 Å². The van der Waals surface area contributed by atoms with E-state index in [2.05, 4.69) is 20.0 Å². The highest BCUT2D eigenvalue weighted by Gasteiger charge is 2.46. The Morgan fingerprint density at radius 2 is 1.69 bits per heavy atom. The standard InChI is InChI=1S/C24H18F4N4O3/c1-32(12-13-2-4-14(5-3-13)21-29-22(35-31-21)24(26,27)28)18-17(19(33)20(18)34)30-23(10-11-23)15-6-8-16(25)9-7-15/h2-9,30H,10-12H2,1H3. The van der Waals surface area contributed by atoms with Gasteiger partial charge in [0.2, 0.25) is 5.82 Å². The Hall–Kier alpha value is -4.02. The molecule has 35 heavy (non-hydrogen) atoms. The zero-order valence-corrected chi connectivity index (χ0v) is 18.3. The van der Waals surface area contributed by atoms with Crippen LogP contribution in [-0.4, -0.2) is 17.2 Å². The average molecular weight is 486 g/mol. The van der Waals surface area contributed by atoms with E-state index in [1.165, 1.54) is 12.1 Å². The Balaban J connectivity index is 1.31. The zero-order chi connectivity index (χ0) is 25.0. The molecule has 0 bridgehead atoms. The predicted molar refractivity (Wildman–Crippen MR) is 119 cm³/mol. The predicted octanol–water partition coefficient (Wildman–Crippen LogP) is 4.23. The number of alkyl halides is 3. The summed E-state index contributed by atoms with van der Waals surface area (Å²) in [4.78, 5) is 29.7. The normalized spacial score (nSPS) is 14.8. The van der Waals surface area contributed by atoms with Crippen molar-refractivity contribution in [3.8, 4) is 11.4 Å². The molecule has 1 aliphatic carbocycles. The molecule has 180 valence electrons. The van der Waals surface area contributed by atoms with Crippen LogP contribution in [0.1, 0.15) is 29.9 Å².